The van der Waals surface area contributed by atoms with E-state index in [-0.39, 0.29) is 17.5 Å². The average Bonchev–Trinajstić information content (AvgIpc) is 2.15. The van der Waals surface area contributed by atoms with Gasteiger partial charge in [-0.1, -0.05) is 0 Å². The van der Waals surface area contributed by atoms with Crippen LogP contribution >= 0.6 is 0 Å². The SMILES string of the molecule is C#C[C@H]1CC[C@H](C(=O)OC(C)(C)C)CC1. The van der Waals surface area contributed by atoms with Gasteiger partial charge in [-0.25, -0.2) is 0 Å². The Hall–Kier alpha value is -0.970. The molecule has 0 atom stereocenters. The minimum absolute atomic E-state index is 0.0574. The zero-order valence-corrected chi connectivity index (χ0v) is 9.88. The number of hydrogen-bond acceptors (Lipinski definition) is 2. The molecule has 0 radical (unpaired) electrons. The van der Waals surface area contributed by atoms with E-state index in [4.69, 9.17) is 11.2 Å². The maximum absolute atomic E-state index is 11.7. The molecule has 15 heavy (non-hydrogen) atoms. The number of carbonyl (C=O) groups excluding carboxylic acids is 1. The Morgan fingerprint density at radius 3 is 2.20 bits per heavy atom. The summed E-state index contributed by atoms with van der Waals surface area (Å²) in [5, 5.41) is 0. The second-order valence-corrected chi connectivity index (χ2v) is 5.25. The van der Waals surface area contributed by atoms with Crippen LogP contribution in [0.25, 0.3) is 0 Å². The van der Waals surface area contributed by atoms with Crippen LogP contribution in [0.4, 0.5) is 0 Å². The molecule has 1 aliphatic rings. The van der Waals surface area contributed by atoms with Gasteiger partial charge in [0.05, 0.1) is 5.92 Å². The van der Waals surface area contributed by atoms with Gasteiger partial charge in [0, 0.05) is 5.92 Å². The van der Waals surface area contributed by atoms with E-state index in [0.29, 0.717) is 5.92 Å². The van der Waals surface area contributed by atoms with Gasteiger partial charge < -0.3 is 4.74 Å². The van der Waals surface area contributed by atoms with Crippen molar-refractivity contribution in [2.24, 2.45) is 11.8 Å². The number of esters is 1. The number of terminal acetylenes is 1. The molecule has 0 aliphatic heterocycles. The van der Waals surface area contributed by atoms with Gasteiger partial charge in [-0.3, -0.25) is 4.79 Å². The first-order valence-corrected chi connectivity index (χ1v) is 5.61. The summed E-state index contributed by atoms with van der Waals surface area (Å²) in [7, 11) is 0. The Balaban J connectivity index is 2.41. The minimum atomic E-state index is -0.375. The lowest BCUT2D eigenvalue weighted by Crippen LogP contribution is -2.30. The molecule has 1 fully saturated rings. The van der Waals surface area contributed by atoms with E-state index >= 15 is 0 Å². The van der Waals surface area contributed by atoms with Crippen molar-refractivity contribution in [3.05, 3.63) is 0 Å². The molecule has 1 saturated carbocycles. The van der Waals surface area contributed by atoms with Crippen LogP contribution in [0.2, 0.25) is 0 Å². The predicted octanol–water partition coefficient (Wildman–Crippen LogP) is 2.77. The quantitative estimate of drug-likeness (QED) is 0.489. The monoisotopic (exact) mass is 208 g/mol. The lowest BCUT2D eigenvalue weighted by Gasteiger charge is -2.27. The van der Waals surface area contributed by atoms with Crippen LogP contribution < -0.4 is 0 Å². The normalized spacial score (nSPS) is 26.8. The lowest BCUT2D eigenvalue weighted by molar-refractivity contribution is -0.161. The van der Waals surface area contributed by atoms with Crippen LogP contribution in [0.3, 0.4) is 0 Å². The van der Waals surface area contributed by atoms with Crippen molar-refractivity contribution in [1.29, 1.82) is 0 Å². The molecule has 1 aliphatic carbocycles. The van der Waals surface area contributed by atoms with Crippen LogP contribution in [0, 0.1) is 24.2 Å². The topological polar surface area (TPSA) is 26.3 Å². The van der Waals surface area contributed by atoms with Gasteiger partial charge in [0.1, 0.15) is 5.60 Å². The highest BCUT2D eigenvalue weighted by molar-refractivity contribution is 5.73. The van der Waals surface area contributed by atoms with Gasteiger partial charge in [0.2, 0.25) is 0 Å². The first-order valence-electron chi connectivity index (χ1n) is 5.61. The van der Waals surface area contributed by atoms with Gasteiger partial charge in [-0.2, -0.15) is 0 Å². The van der Waals surface area contributed by atoms with Crippen molar-refractivity contribution < 1.29 is 9.53 Å². The molecule has 84 valence electrons. The highest BCUT2D eigenvalue weighted by Crippen LogP contribution is 2.30. The van der Waals surface area contributed by atoms with Gasteiger partial charge in [-0.15, -0.1) is 12.3 Å². The van der Waals surface area contributed by atoms with E-state index in [1.54, 1.807) is 0 Å². The Kier molecular flexibility index (Phi) is 3.79. The van der Waals surface area contributed by atoms with Crippen molar-refractivity contribution in [3.8, 4) is 12.3 Å². The third kappa shape index (κ3) is 3.95. The number of hydrogen-bond donors (Lipinski definition) is 0. The molecule has 0 unspecified atom stereocenters. The molecule has 0 aromatic heterocycles. The van der Waals surface area contributed by atoms with Gasteiger partial charge in [0.25, 0.3) is 0 Å². The standard InChI is InChI=1S/C13H20O2/c1-5-10-6-8-11(9-7-10)12(14)15-13(2,3)4/h1,10-11H,6-9H2,2-4H3/t10-,11-. The summed E-state index contributed by atoms with van der Waals surface area (Å²) in [6, 6.07) is 0. The molecule has 0 heterocycles. The van der Waals surface area contributed by atoms with Crippen molar-refractivity contribution in [1.82, 2.24) is 0 Å². The molecule has 0 spiro atoms. The van der Waals surface area contributed by atoms with E-state index in [9.17, 15) is 4.79 Å². The maximum Gasteiger partial charge on any atom is 0.309 e. The van der Waals surface area contributed by atoms with Crippen molar-refractivity contribution >= 4 is 5.97 Å². The van der Waals surface area contributed by atoms with Crippen LogP contribution in [-0.2, 0) is 9.53 Å². The summed E-state index contributed by atoms with van der Waals surface area (Å²) in [5.74, 6) is 3.13. The zero-order chi connectivity index (χ0) is 11.5. The van der Waals surface area contributed by atoms with Gasteiger partial charge >= 0.3 is 5.97 Å². The minimum Gasteiger partial charge on any atom is -0.460 e. The maximum atomic E-state index is 11.7. The zero-order valence-electron chi connectivity index (χ0n) is 9.88. The summed E-state index contributed by atoms with van der Waals surface area (Å²) in [6.45, 7) is 5.70. The molecule has 1 rings (SSSR count). The Bertz CT molecular complexity index is 259. The highest BCUT2D eigenvalue weighted by Gasteiger charge is 2.29. The summed E-state index contributed by atoms with van der Waals surface area (Å²) < 4.78 is 5.36. The van der Waals surface area contributed by atoms with Gasteiger partial charge in [-0.05, 0) is 46.5 Å². The second kappa shape index (κ2) is 4.70. The Labute approximate surface area is 92.4 Å². The lowest BCUT2D eigenvalue weighted by atomic mass is 9.82. The molecular weight excluding hydrogens is 188 g/mol. The first kappa shape index (κ1) is 12.1. The largest absolute Gasteiger partial charge is 0.460 e. The van der Waals surface area contributed by atoms with Gasteiger partial charge in [0.15, 0.2) is 0 Å². The second-order valence-electron chi connectivity index (χ2n) is 5.25. The summed E-state index contributed by atoms with van der Waals surface area (Å²) in [5.41, 5.74) is -0.375. The molecule has 0 bridgehead atoms. The fourth-order valence-corrected chi connectivity index (χ4v) is 1.88. The van der Waals surface area contributed by atoms with Crippen LogP contribution in [0.5, 0.6) is 0 Å². The number of carbonyl (C=O) groups is 1. The summed E-state index contributed by atoms with van der Waals surface area (Å²) >= 11 is 0. The third-order valence-electron chi connectivity index (χ3n) is 2.70. The van der Waals surface area contributed by atoms with Crippen LogP contribution in [0.1, 0.15) is 46.5 Å². The molecule has 0 amide bonds. The fourth-order valence-electron chi connectivity index (χ4n) is 1.88. The van der Waals surface area contributed by atoms with Crippen molar-refractivity contribution in [3.63, 3.8) is 0 Å². The molecule has 0 aromatic rings. The number of ether oxygens (including phenoxy) is 1. The van der Waals surface area contributed by atoms with E-state index in [1.807, 2.05) is 20.8 Å². The molecule has 0 N–H and O–H groups in total. The molecule has 0 aromatic carbocycles. The molecule has 2 heteroatoms. The van der Waals surface area contributed by atoms with Crippen LogP contribution in [0.15, 0.2) is 0 Å². The van der Waals surface area contributed by atoms with E-state index in [0.717, 1.165) is 25.7 Å². The third-order valence-corrected chi connectivity index (χ3v) is 2.70. The van der Waals surface area contributed by atoms with Crippen molar-refractivity contribution in [2.45, 2.75) is 52.1 Å². The van der Waals surface area contributed by atoms with E-state index in [2.05, 4.69) is 5.92 Å². The predicted molar refractivity (Wildman–Crippen MR) is 60.1 cm³/mol. The first-order chi connectivity index (χ1) is 6.92. The number of rotatable bonds is 1. The summed E-state index contributed by atoms with van der Waals surface area (Å²) in [4.78, 5) is 11.7. The van der Waals surface area contributed by atoms with E-state index in [1.165, 1.54) is 0 Å². The highest BCUT2D eigenvalue weighted by atomic mass is 16.6. The summed E-state index contributed by atoms with van der Waals surface area (Å²) in [6.07, 6.45) is 9.04. The van der Waals surface area contributed by atoms with Crippen LogP contribution in [-0.4, -0.2) is 11.6 Å². The Morgan fingerprint density at radius 2 is 1.80 bits per heavy atom. The van der Waals surface area contributed by atoms with E-state index < -0.39 is 0 Å². The fraction of sp³-hybridized carbons (Fsp3) is 0.769. The average molecular weight is 208 g/mol. The smallest absolute Gasteiger partial charge is 0.309 e. The Morgan fingerprint density at radius 1 is 1.27 bits per heavy atom. The van der Waals surface area contributed by atoms with Crippen molar-refractivity contribution in [2.75, 3.05) is 0 Å². The molecule has 0 saturated heterocycles. The molecular formula is C13H20O2. The molecule has 2 nitrogen and oxygen atoms in total.